The number of hydrogen-bond acceptors (Lipinski definition) is 8. The minimum atomic E-state index is -1.29. The molecule has 7 atom stereocenters. The number of hydrogen-bond donors (Lipinski definition) is 6. The molecule has 1 saturated heterocycles. The number of rotatable bonds is 11. The predicted octanol–water partition coefficient (Wildman–Crippen LogP) is -0.499. The highest BCUT2D eigenvalue weighted by Crippen LogP contribution is 2.32. The van der Waals surface area contributed by atoms with E-state index in [0.29, 0.717) is 24.9 Å². The van der Waals surface area contributed by atoms with E-state index in [1.54, 1.807) is 18.3 Å². The number of aromatic hydroxyl groups is 1. The van der Waals surface area contributed by atoms with Gasteiger partial charge in [-0.25, -0.2) is 4.79 Å². The van der Waals surface area contributed by atoms with E-state index in [-0.39, 0.29) is 36.5 Å². The van der Waals surface area contributed by atoms with Crippen molar-refractivity contribution < 1.29 is 34.5 Å². The van der Waals surface area contributed by atoms with Crippen molar-refractivity contribution in [1.29, 1.82) is 0 Å². The van der Waals surface area contributed by atoms with E-state index in [1.165, 1.54) is 17.0 Å². The van der Waals surface area contributed by atoms with Gasteiger partial charge >= 0.3 is 5.97 Å². The number of amides is 3. The Bertz CT molecular complexity index is 1200. The fourth-order valence-corrected chi connectivity index (χ4v) is 5.39. The Hall–Kier alpha value is -4.03. The molecule has 12 heteroatoms. The maximum Gasteiger partial charge on any atom is 0.326 e. The van der Waals surface area contributed by atoms with Crippen molar-refractivity contribution in [3.63, 3.8) is 0 Å². The number of nitrogens with one attached hydrogen (secondary N) is 2. The molecule has 2 aliphatic heterocycles. The zero-order valence-corrected chi connectivity index (χ0v) is 21.9. The van der Waals surface area contributed by atoms with Crippen molar-refractivity contribution in [2.24, 2.45) is 22.6 Å². The summed E-state index contributed by atoms with van der Waals surface area (Å²) in [6.45, 7) is -0.261. The van der Waals surface area contributed by atoms with Crippen molar-refractivity contribution in [2.75, 3.05) is 13.2 Å². The number of likely N-dealkylation sites (tertiary alicyclic amines) is 1. The van der Waals surface area contributed by atoms with Crippen molar-refractivity contribution in [2.45, 2.75) is 55.9 Å². The molecule has 4 rings (SSSR count). The maximum absolute atomic E-state index is 13.5. The molecule has 0 bridgehead atoms. The maximum atomic E-state index is 13.5. The topological polar surface area (TPSA) is 195 Å². The van der Waals surface area contributed by atoms with Crippen LogP contribution in [0.4, 0.5) is 0 Å². The largest absolute Gasteiger partial charge is 0.508 e. The van der Waals surface area contributed by atoms with Crippen LogP contribution >= 0.6 is 0 Å². The van der Waals surface area contributed by atoms with Crippen molar-refractivity contribution >= 4 is 29.9 Å². The third-order valence-corrected chi connectivity index (χ3v) is 7.58. The highest BCUT2D eigenvalue weighted by molar-refractivity contribution is 5.94. The monoisotopic (exact) mass is 553 g/mol. The Morgan fingerprint density at radius 1 is 1.07 bits per heavy atom. The van der Waals surface area contributed by atoms with Gasteiger partial charge in [-0.1, -0.05) is 36.4 Å². The molecule has 2 heterocycles. The molecule has 1 aromatic carbocycles. The van der Waals surface area contributed by atoms with E-state index in [0.717, 1.165) is 0 Å². The highest BCUT2D eigenvalue weighted by Gasteiger charge is 2.40. The van der Waals surface area contributed by atoms with E-state index in [1.807, 2.05) is 24.3 Å². The van der Waals surface area contributed by atoms with Crippen LogP contribution in [0, 0.1) is 11.8 Å². The number of aliphatic hydroxyl groups excluding tert-OH is 1. The van der Waals surface area contributed by atoms with Gasteiger partial charge in [-0.3, -0.25) is 19.4 Å². The molecule has 1 aliphatic carbocycles. The number of aliphatic imine (C=N–C) groups is 1. The molecule has 12 nitrogen and oxygen atoms in total. The number of fused-ring (bicyclic) bond motifs is 1. The summed E-state index contributed by atoms with van der Waals surface area (Å²) < 4.78 is 0. The zero-order valence-electron chi connectivity index (χ0n) is 21.9. The third kappa shape index (κ3) is 6.75. The molecule has 214 valence electrons. The lowest BCUT2D eigenvalue weighted by molar-refractivity contribution is -0.143. The fraction of sp³-hybridized carbons (Fsp3) is 0.464. The van der Waals surface area contributed by atoms with Crippen LogP contribution in [0.25, 0.3) is 0 Å². The molecule has 3 amide bonds. The Morgan fingerprint density at radius 3 is 2.50 bits per heavy atom. The van der Waals surface area contributed by atoms with Gasteiger partial charge in [0.1, 0.15) is 29.9 Å². The third-order valence-electron chi connectivity index (χ3n) is 7.58. The molecule has 0 radical (unpaired) electrons. The molecule has 1 fully saturated rings. The summed E-state index contributed by atoms with van der Waals surface area (Å²) in [6, 6.07) is 1.51. The molecule has 3 aliphatic rings. The summed E-state index contributed by atoms with van der Waals surface area (Å²) in [5.74, 6) is -3.18. The zero-order chi connectivity index (χ0) is 28.8. The number of aliphatic carboxylic acids is 1. The van der Waals surface area contributed by atoms with Gasteiger partial charge in [-0.15, -0.1) is 0 Å². The summed E-state index contributed by atoms with van der Waals surface area (Å²) in [4.78, 5) is 57.4. The van der Waals surface area contributed by atoms with E-state index in [9.17, 15) is 34.5 Å². The fourth-order valence-electron chi connectivity index (χ4n) is 5.39. The number of phenolic OH excluding ortho intramolecular Hbond substituents is 1. The average Bonchev–Trinajstić information content (AvgIpc) is 3.60. The van der Waals surface area contributed by atoms with Crippen LogP contribution in [0.3, 0.4) is 0 Å². The SMILES string of the molecule is NC(CO)C(=O)N1CCCC1C(=O)NC(CC1C=NC2C=CC=CC12)C(=O)NC(Cc1ccc(O)cc1)C(=O)O. The first-order valence-corrected chi connectivity index (χ1v) is 13.3. The molecule has 1 aromatic rings. The van der Waals surface area contributed by atoms with Crippen molar-refractivity contribution in [3.8, 4) is 5.75 Å². The molecule has 7 N–H and O–H groups in total. The summed E-state index contributed by atoms with van der Waals surface area (Å²) in [7, 11) is 0. The quantitative estimate of drug-likeness (QED) is 0.211. The summed E-state index contributed by atoms with van der Waals surface area (Å²) >= 11 is 0. The van der Waals surface area contributed by atoms with Gasteiger partial charge in [0, 0.05) is 31.0 Å². The summed E-state index contributed by atoms with van der Waals surface area (Å²) in [5.41, 5.74) is 6.29. The van der Waals surface area contributed by atoms with Gasteiger partial charge in [0.05, 0.1) is 12.6 Å². The van der Waals surface area contributed by atoms with E-state index in [2.05, 4.69) is 15.6 Å². The second-order valence-corrected chi connectivity index (χ2v) is 10.3. The number of benzene rings is 1. The first-order valence-electron chi connectivity index (χ1n) is 13.3. The molecule has 0 aromatic heterocycles. The lowest BCUT2D eigenvalue weighted by Crippen LogP contribution is -2.57. The van der Waals surface area contributed by atoms with Gasteiger partial charge in [-0.2, -0.15) is 0 Å². The van der Waals surface area contributed by atoms with Crippen LogP contribution in [0.5, 0.6) is 5.75 Å². The molecule has 0 saturated carbocycles. The Labute approximate surface area is 231 Å². The van der Waals surface area contributed by atoms with Crippen LogP contribution in [0.1, 0.15) is 24.8 Å². The van der Waals surface area contributed by atoms with Gasteiger partial charge in [0.2, 0.25) is 17.7 Å². The smallest absolute Gasteiger partial charge is 0.326 e. The number of carbonyl (C=O) groups excluding carboxylic acids is 3. The van der Waals surface area contributed by atoms with E-state index >= 15 is 0 Å². The minimum absolute atomic E-state index is 0.00317. The second kappa shape index (κ2) is 12.9. The van der Waals surface area contributed by atoms with Crippen molar-refractivity contribution in [1.82, 2.24) is 15.5 Å². The molecule has 7 unspecified atom stereocenters. The van der Waals surface area contributed by atoms with Gasteiger partial charge < -0.3 is 36.6 Å². The first kappa shape index (κ1) is 29.0. The number of carboxylic acid groups (broad SMARTS) is 1. The number of phenols is 1. The van der Waals surface area contributed by atoms with Crippen LogP contribution in [-0.4, -0.2) is 93.5 Å². The lowest BCUT2D eigenvalue weighted by Gasteiger charge is -2.30. The van der Waals surface area contributed by atoms with E-state index in [4.69, 9.17) is 5.73 Å². The summed E-state index contributed by atoms with van der Waals surface area (Å²) in [6.07, 6.45) is 10.6. The summed E-state index contributed by atoms with van der Waals surface area (Å²) in [5, 5.41) is 34.0. The number of allylic oxidation sites excluding steroid dienone is 2. The van der Waals surface area contributed by atoms with Crippen LogP contribution in [-0.2, 0) is 25.6 Å². The normalized spacial score (nSPS) is 25.2. The Morgan fingerprint density at radius 2 is 1.80 bits per heavy atom. The van der Waals surface area contributed by atoms with Crippen LogP contribution in [0.2, 0.25) is 0 Å². The average molecular weight is 554 g/mol. The first-order chi connectivity index (χ1) is 19.2. The lowest BCUT2D eigenvalue weighted by atomic mass is 9.83. The number of nitrogens with zero attached hydrogens (tertiary/aromatic N) is 2. The molecular weight excluding hydrogens is 518 g/mol. The number of carbonyl (C=O) groups is 4. The highest BCUT2D eigenvalue weighted by atomic mass is 16.4. The van der Waals surface area contributed by atoms with Crippen LogP contribution < -0.4 is 16.4 Å². The standard InChI is InChI=1S/C28H35N5O7/c29-20(15-34)27(38)33-11-3-6-24(33)26(37)31-22(13-17-14-30-21-5-2-1-4-19(17)21)25(36)32-23(28(39)40)12-16-7-9-18(35)10-8-16/h1-2,4-5,7-10,14,17,19-24,34-35H,3,6,11-13,15,29H2,(H,31,37)(H,32,36)(H,39,40). The number of carboxylic acids is 1. The van der Waals surface area contributed by atoms with E-state index < -0.39 is 54.5 Å². The van der Waals surface area contributed by atoms with Crippen molar-refractivity contribution in [3.05, 3.63) is 54.1 Å². The minimum Gasteiger partial charge on any atom is -0.508 e. The van der Waals surface area contributed by atoms with Crippen LogP contribution in [0.15, 0.2) is 53.6 Å². The van der Waals surface area contributed by atoms with Gasteiger partial charge in [0.25, 0.3) is 0 Å². The number of nitrogens with two attached hydrogens (primary N) is 1. The Balaban J connectivity index is 1.51. The van der Waals surface area contributed by atoms with Gasteiger partial charge in [-0.05, 0) is 37.0 Å². The Kier molecular flexibility index (Phi) is 9.33. The molecule has 40 heavy (non-hydrogen) atoms. The second-order valence-electron chi connectivity index (χ2n) is 10.3. The van der Waals surface area contributed by atoms with Gasteiger partial charge in [0.15, 0.2) is 0 Å². The number of aliphatic hydroxyl groups is 1. The molecule has 0 spiro atoms. The predicted molar refractivity (Wildman–Crippen MR) is 145 cm³/mol. The molecular formula is C28H35N5O7.